The number of amides is 1. The van der Waals surface area contributed by atoms with E-state index in [0.717, 1.165) is 0 Å². The van der Waals surface area contributed by atoms with Crippen molar-refractivity contribution in [2.24, 2.45) is 0 Å². The highest BCUT2D eigenvalue weighted by Crippen LogP contribution is 2.29. The molecule has 0 saturated carbocycles. The minimum Gasteiger partial charge on any atom is -0.493 e. The summed E-state index contributed by atoms with van der Waals surface area (Å²) in [6.07, 6.45) is 0.203. The van der Waals surface area contributed by atoms with E-state index in [9.17, 15) is 14.7 Å². The lowest BCUT2D eigenvalue weighted by atomic mass is 9.98. The van der Waals surface area contributed by atoms with Crippen LogP contribution in [0.2, 0.25) is 0 Å². The quantitative estimate of drug-likeness (QED) is 0.823. The molecule has 7 heteroatoms. The standard InChI is InChI=1S/C16H21NO6/c1-10(2)23-12-5-4-11(8-13(12)21-3)14(18)17-16(15(19)20)6-7-22-9-16/h4-5,8,10H,6-7,9H2,1-3H3,(H,17,18)(H,19,20). The fourth-order valence-electron chi connectivity index (χ4n) is 2.34. The van der Waals surface area contributed by atoms with Crippen molar-refractivity contribution < 1.29 is 28.9 Å². The molecule has 0 spiro atoms. The molecule has 0 radical (unpaired) electrons. The Morgan fingerprint density at radius 3 is 2.61 bits per heavy atom. The zero-order valence-corrected chi connectivity index (χ0v) is 13.4. The highest BCUT2D eigenvalue weighted by molar-refractivity contribution is 5.98. The molecule has 1 aromatic carbocycles. The Bertz CT molecular complexity index is 592. The van der Waals surface area contributed by atoms with Crippen LogP contribution in [0.3, 0.4) is 0 Å². The third-order valence-electron chi connectivity index (χ3n) is 3.57. The average Bonchev–Trinajstić information content (AvgIpc) is 2.96. The van der Waals surface area contributed by atoms with Gasteiger partial charge in [-0.05, 0) is 32.0 Å². The van der Waals surface area contributed by atoms with Crippen molar-refractivity contribution in [1.29, 1.82) is 0 Å². The van der Waals surface area contributed by atoms with E-state index in [1.165, 1.54) is 13.2 Å². The van der Waals surface area contributed by atoms with Crippen LogP contribution in [0.15, 0.2) is 18.2 Å². The lowest BCUT2D eigenvalue weighted by molar-refractivity contribution is -0.144. The van der Waals surface area contributed by atoms with Crippen molar-refractivity contribution in [3.63, 3.8) is 0 Å². The lowest BCUT2D eigenvalue weighted by Crippen LogP contribution is -2.55. The number of aliphatic carboxylic acids is 1. The highest BCUT2D eigenvalue weighted by atomic mass is 16.5. The second-order valence-electron chi connectivity index (χ2n) is 5.68. The van der Waals surface area contributed by atoms with Crippen LogP contribution in [0.25, 0.3) is 0 Å². The predicted octanol–water partition coefficient (Wildman–Crippen LogP) is 1.46. The molecule has 1 atom stereocenters. The summed E-state index contributed by atoms with van der Waals surface area (Å²) >= 11 is 0. The normalized spacial score (nSPS) is 20.3. The van der Waals surface area contributed by atoms with E-state index in [1.54, 1.807) is 12.1 Å². The Morgan fingerprint density at radius 2 is 2.09 bits per heavy atom. The number of carbonyl (C=O) groups excluding carboxylic acids is 1. The van der Waals surface area contributed by atoms with Gasteiger partial charge in [0.15, 0.2) is 17.0 Å². The number of nitrogens with one attached hydrogen (secondary N) is 1. The first kappa shape index (κ1) is 17.1. The van der Waals surface area contributed by atoms with Gasteiger partial charge in [0, 0.05) is 18.6 Å². The van der Waals surface area contributed by atoms with E-state index in [1.807, 2.05) is 13.8 Å². The van der Waals surface area contributed by atoms with Gasteiger partial charge in [0.25, 0.3) is 5.91 Å². The number of methoxy groups -OCH3 is 1. The molecule has 1 aliphatic rings. The van der Waals surface area contributed by atoms with Crippen LogP contribution in [0.1, 0.15) is 30.6 Å². The number of benzene rings is 1. The summed E-state index contributed by atoms with van der Waals surface area (Å²) in [5.74, 6) is -0.656. The predicted molar refractivity (Wildman–Crippen MR) is 82.0 cm³/mol. The Labute approximate surface area is 134 Å². The first-order valence-electron chi connectivity index (χ1n) is 7.36. The fraction of sp³-hybridized carbons (Fsp3) is 0.500. The van der Waals surface area contributed by atoms with Gasteiger partial charge in [0.2, 0.25) is 0 Å². The molecule has 1 amide bonds. The summed E-state index contributed by atoms with van der Waals surface area (Å²) in [5.41, 5.74) is -1.08. The third-order valence-corrected chi connectivity index (χ3v) is 3.57. The van der Waals surface area contributed by atoms with E-state index in [0.29, 0.717) is 23.7 Å². The van der Waals surface area contributed by atoms with Crippen LogP contribution < -0.4 is 14.8 Å². The largest absolute Gasteiger partial charge is 0.493 e. The van der Waals surface area contributed by atoms with Crippen molar-refractivity contribution in [2.75, 3.05) is 20.3 Å². The van der Waals surface area contributed by atoms with Crippen LogP contribution in [-0.2, 0) is 9.53 Å². The molecule has 1 aromatic rings. The molecule has 2 N–H and O–H groups in total. The van der Waals surface area contributed by atoms with E-state index in [4.69, 9.17) is 14.2 Å². The lowest BCUT2D eigenvalue weighted by Gasteiger charge is -2.24. The second kappa shape index (κ2) is 6.87. The first-order valence-corrected chi connectivity index (χ1v) is 7.36. The van der Waals surface area contributed by atoms with Crippen LogP contribution in [0, 0.1) is 0 Å². The van der Waals surface area contributed by atoms with Crippen LogP contribution in [0.5, 0.6) is 11.5 Å². The molecule has 2 rings (SSSR count). The second-order valence-corrected chi connectivity index (χ2v) is 5.68. The van der Waals surface area contributed by atoms with Crippen LogP contribution in [0.4, 0.5) is 0 Å². The third kappa shape index (κ3) is 3.73. The molecule has 126 valence electrons. The SMILES string of the molecule is COc1cc(C(=O)NC2(C(=O)O)CCOC2)ccc1OC(C)C. The molecular weight excluding hydrogens is 302 g/mol. The smallest absolute Gasteiger partial charge is 0.331 e. The number of hydrogen-bond acceptors (Lipinski definition) is 5. The van der Waals surface area contributed by atoms with Gasteiger partial charge in [-0.1, -0.05) is 0 Å². The molecule has 1 saturated heterocycles. The maximum atomic E-state index is 12.4. The summed E-state index contributed by atoms with van der Waals surface area (Å²) in [6.45, 7) is 4.03. The molecule has 0 aromatic heterocycles. The van der Waals surface area contributed by atoms with Crippen molar-refractivity contribution in [3.8, 4) is 11.5 Å². The number of hydrogen-bond donors (Lipinski definition) is 2. The maximum absolute atomic E-state index is 12.4. The Balaban J connectivity index is 2.20. The van der Waals surface area contributed by atoms with Crippen LogP contribution in [-0.4, -0.2) is 48.9 Å². The van der Waals surface area contributed by atoms with E-state index < -0.39 is 17.4 Å². The van der Waals surface area contributed by atoms with Gasteiger partial charge in [-0.3, -0.25) is 4.79 Å². The van der Waals surface area contributed by atoms with E-state index >= 15 is 0 Å². The van der Waals surface area contributed by atoms with E-state index in [2.05, 4.69) is 5.32 Å². The highest BCUT2D eigenvalue weighted by Gasteiger charge is 2.44. The summed E-state index contributed by atoms with van der Waals surface area (Å²) in [7, 11) is 1.48. The van der Waals surface area contributed by atoms with Gasteiger partial charge in [-0.25, -0.2) is 4.79 Å². The number of ether oxygens (including phenoxy) is 3. The number of carbonyl (C=O) groups is 2. The zero-order valence-electron chi connectivity index (χ0n) is 13.4. The van der Waals surface area contributed by atoms with Crippen LogP contribution >= 0.6 is 0 Å². The number of rotatable bonds is 6. The Kier molecular flexibility index (Phi) is 5.10. The van der Waals surface area contributed by atoms with Gasteiger partial charge >= 0.3 is 5.97 Å². The van der Waals surface area contributed by atoms with Gasteiger partial charge in [0.05, 0.1) is 19.8 Å². The molecule has 1 aliphatic heterocycles. The summed E-state index contributed by atoms with van der Waals surface area (Å²) in [5, 5.41) is 11.9. The van der Waals surface area contributed by atoms with Crippen molar-refractivity contribution in [2.45, 2.75) is 31.9 Å². The van der Waals surface area contributed by atoms with Gasteiger partial charge in [0.1, 0.15) is 0 Å². The molecule has 23 heavy (non-hydrogen) atoms. The summed E-state index contributed by atoms with van der Waals surface area (Å²) < 4.78 is 16.0. The Hall–Kier alpha value is -2.28. The molecule has 7 nitrogen and oxygen atoms in total. The van der Waals surface area contributed by atoms with Crippen molar-refractivity contribution in [1.82, 2.24) is 5.32 Å². The zero-order chi connectivity index (χ0) is 17.0. The van der Waals surface area contributed by atoms with Gasteiger partial charge in [-0.2, -0.15) is 0 Å². The number of carboxylic acids is 1. The van der Waals surface area contributed by atoms with Gasteiger partial charge in [-0.15, -0.1) is 0 Å². The molecule has 1 fully saturated rings. The molecule has 1 unspecified atom stereocenters. The molecule has 0 aliphatic carbocycles. The summed E-state index contributed by atoms with van der Waals surface area (Å²) in [6, 6.07) is 4.73. The number of carboxylic acid groups (broad SMARTS) is 1. The topological polar surface area (TPSA) is 94.1 Å². The average molecular weight is 323 g/mol. The van der Waals surface area contributed by atoms with E-state index in [-0.39, 0.29) is 19.1 Å². The van der Waals surface area contributed by atoms with Crippen molar-refractivity contribution in [3.05, 3.63) is 23.8 Å². The Morgan fingerprint density at radius 1 is 1.35 bits per heavy atom. The molecule has 0 bridgehead atoms. The van der Waals surface area contributed by atoms with Gasteiger partial charge < -0.3 is 24.6 Å². The fourth-order valence-corrected chi connectivity index (χ4v) is 2.34. The minimum atomic E-state index is -1.38. The first-order chi connectivity index (χ1) is 10.9. The van der Waals surface area contributed by atoms with Crippen molar-refractivity contribution >= 4 is 11.9 Å². The molecule has 1 heterocycles. The maximum Gasteiger partial charge on any atom is 0.331 e. The monoisotopic (exact) mass is 323 g/mol. The minimum absolute atomic E-state index is 0.0329. The molecular formula is C16H21NO6. The summed E-state index contributed by atoms with van der Waals surface area (Å²) in [4.78, 5) is 23.8.